The average molecular weight is 138 g/mol. The third kappa shape index (κ3) is 1.26. The third-order valence-electron chi connectivity index (χ3n) is 1.31. The molecule has 0 amide bonds. The van der Waals surface area contributed by atoms with E-state index in [0.717, 1.165) is 12.9 Å². The molecule has 1 heterocycles. The molecule has 2 N–H and O–H groups in total. The molecular formula is C6H8BFN2. The van der Waals surface area contributed by atoms with Crippen molar-refractivity contribution in [1.29, 1.82) is 0 Å². The monoisotopic (exact) mass is 138 g/mol. The van der Waals surface area contributed by atoms with E-state index in [9.17, 15) is 4.39 Å². The van der Waals surface area contributed by atoms with E-state index in [-0.39, 0.29) is 5.82 Å². The Bertz CT molecular complexity index is 239. The molecule has 0 bridgehead atoms. The van der Waals surface area contributed by atoms with E-state index < -0.39 is 0 Å². The maximum Gasteiger partial charge on any atom is 0.181 e. The SMILES string of the molecule is CBc1ncc(F)cc1N. The van der Waals surface area contributed by atoms with Crippen LogP contribution in [0.25, 0.3) is 0 Å². The van der Waals surface area contributed by atoms with Crippen LogP contribution in [-0.4, -0.2) is 12.3 Å². The largest absolute Gasteiger partial charge is 0.398 e. The molecule has 2 nitrogen and oxygen atoms in total. The highest BCUT2D eigenvalue weighted by molar-refractivity contribution is 6.52. The summed E-state index contributed by atoms with van der Waals surface area (Å²) in [7, 11) is 0.742. The van der Waals surface area contributed by atoms with Crippen LogP contribution in [0.2, 0.25) is 6.82 Å². The van der Waals surface area contributed by atoms with Crippen molar-refractivity contribution in [1.82, 2.24) is 4.98 Å². The van der Waals surface area contributed by atoms with Crippen LogP contribution >= 0.6 is 0 Å². The van der Waals surface area contributed by atoms with E-state index >= 15 is 0 Å². The van der Waals surface area contributed by atoms with E-state index in [1.54, 1.807) is 0 Å². The molecule has 0 aliphatic carbocycles. The second-order valence-electron chi connectivity index (χ2n) is 2.04. The summed E-state index contributed by atoms with van der Waals surface area (Å²) in [6, 6.07) is 1.28. The van der Waals surface area contributed by atoms with Crippen molar-refractivity contribution >= 4 is 18.6 Å². The zero-order valence-electron chi connectivity index (χ0n) is 5.76. The minimum absolute atomic E-state index is 0.380. The molecule has 0 spiro atoms. The Balaban J connectivity index is 3.07. The molecule has 0 aromatic carbocycles. The van der Waals surface area contributed by atoms with Gasteiger partial charge in [0.25, 0.3) is 0 Å². The first-order chi connectivity index (χ1) is 4.74. The number of nitrogens with two attached hydrogens (primary N) is 1. The van der Waals surface area contributed by atoms with Gasteiger partial charge in [-0.05, 0) is 6.07 Å². The molecule has 0 unspecified atom stereocenters. The van der Waals surface area contributed by atoms with E-state index in [4.69, 9.17) is 5.73 Å². The summed E-state index contributed by atoms with van der Waals surface area (Å²) in [6.45, 7) is 1.93. The fourth-order valence-electron chi connectivity index (χ4n) is 0.779. The fraction of sp³-hybridized carbons (Fsp3) is 0.167. The van der Waals surface area contributed by atoms with Crippen molar-refractivity contribution in [3.05, 3.63) is 18.1 Å². The zero-order valence-corrected chi connectivity index (χ0v) is 5.76. The number of halogens is 1. The number of pyridine rings is 1. The van der Waals surface area contributed by atoms with Crippen molar-refractivity contribution in [2.45, 2.75) is 6.82 Å². The number of rotatable bonds is 1. The van der Waals surface area contributed by atoms with Gasteiger partial charge in [-0.15, -0.1) is 0 Å². The van der Waals surface area contributed by atoms with Gasteiger partial charge in [-0.1, -0.05) is 6.82 Å². The highest BCUT2D eigenvalue weighted by Crippen LogP contribution is 1.98. The maximum absolute atomic E-state index is 12.3. The van der Waals surface area contributed by atoms with Gasteiger partial charge in [0.05, 0.1) is 6.20 Å². The number of nitrogens with zero attached hydrogens (tertiary/aromatic N) is 1. The van der Waals surface area contributed by atoms with Crippen LogP contribution in [0, 0.1) is 5.82 Å². The Morgan fingerprint density at radius 2 is 2.40 bits per heavy atom. The van der Waals surface area contributed by atoms with Crippen LogP contribution in [0.3, 0.4) is 0 Å². The third-order valence-corrected chi connectivity index (χ3v) is 1.31. The first kappa shape index (κ1) is 7.06. The summed E-state index contributed by atoms with van der Waals surface area (Å²) >= 11 is 0. The van der Waals surface area contributed by atoms with Crippen molar-refractivity contribution in [2.75, 3.05) is 5.73 Å². The van der Waals surface area contributed by atoms with Gasteiger partial charge in [0.1, 0.15) is 5.82 Å². The second-order valence-corrected chi connectivity index (χ2v) is 2.04. The molecule has 52 valence electrons. The van der Waals surface area contributed by atoms with Gasteiger partial charge in [-0.25, -0.2) is 4.39 Å². The molecule has 1 rings (SSSR count). The molecule has 4 heteroatoms. The molecule has 1 aromatic rings. The molecule has 0 radical (unpaired) electrons. The van der Waals surface area contributed by atoms with E-state index in [1.807, 2.05) is 6.82 Å². The second kappa shape index (κ2) is 2.69. The summed E-state index contributed by atoms with van der Waals surface area (Å²) < 4.78 is 12.3. The van der Waals surface area contributed by atoms with Crippen LogP contribution in [0.5, 0.6) is 0 Å². The van der Waals surface area contributed by atoms with Crippen LogP contribution in [0.1, 0.15) is 0 Å². The van der Waals surface area contributed by atoms with E-state index in [2.05, 4.69) is 4.98 Å². The molecule has 0 saturated carbocycles. The molecule has 0 atom stereocenters. The molecule has 10 heavy (non-hydrogen) atoms. The normalized spacial score (nSPS) is 9.40. The summed E-state index contributed by atoms with van der Waals surface area (Å²) in [6.07, 6.45) is 1.18. The molecule has 0 aliphatic rings. The summed E-state index contributed by atoms with van der Waals surface area (Å²) in [5, 5.41) is 0. The Labute approximate surface area is 59.5 Å². The average Bonchev–Trinajstić information content (AvgIpc) is 1.88. The zero-order chi connectivity index (χ0) is 7.56. The number of nitrogen functional groups attached to an aromatic ring is 1. The molecule has 0 aliphatic heterocycles. The van der Waals surface area contributed by atoms with Crippen molar-refractivity contribution < 1.29 is 4.39 Å². The van der Waals surface area contributed by atoms with E-state index in [1.165, 1.54) is 12.3 Å². The van der Waals surface area contributed by atoms with Gasteiger partial charge >= 0.3 is 0 Å². The quantitative estimate of drug-likeness (QED) is 0.551. The predicted molar refractivity (Wildman–Crippen MR) is 41.3 cm³/mol. The van der Waals surface area contributed by atoms with Gasteiger partial charge in [0, 0.05) is 11.3 Å². The van der Waals surface area contributed by atoms with Crippen molar-refractivity contribution in [3.8, 4) is 0 Å². The highest BCUT2D eigenvalue weighted by Gasteiger charge is 1.98. The van der Waals surface area contributed by atoms with Gasteiger partial charge in [0.2, 0.25) is 0 Å². The first-order valence-electron chi connectivity index (χ1n) is 3.14. The van der Waals surface area contributed by atoms with Crippen LogP contribution < -0.4 is 11.3 Å². The maximum atomic E-state index is 12.3. The Morgan fingerprint density at radius 3 is 2.90 bits per heavy atom. The summed E-state index contributed by atoms with van der Waals surface area (Å²) in [4.78, 5) is 3.80. The lowest BCUT2D eigenvalue weighted by molar-refractivity contribution is 0.623. The lowest BCUT2D eigenvalue weighted by Gasteiger charge is -1.98. The number of hydrogen-bond donors (Lipinski definition) is 1. The smallest absolute Gasteiger partial charge is 0.181 e. The summed E-state index contributed by atoms with van der Waals surface area (Å²) in [5.41, 5.74) is 6.61. The van der Waals surface area contributed by atoms with Crippen molar-refractivity contribution in [2.24, 2.45) is 0 Å². The van der Waals surface area contributed by atoms with Crippen LogP contribution in [0.4, 0.5) is 10.1 Å². The number of hydrogen-bond acceptors (Lipinski definition) is 2. The fourth-order valence-corrected chi connectivity index (χ4v) is 0.779. The Hall–Kier alpha value is -1.06. The lowest BCUT2D eigenvalue weighted by Crippen LogP contribution is -2.19. The van der Waals surface area contributed by atoms with Gasteiger partial charge in [-0.2, -0.15) is 0 Å². The van der Waals surface area contributed by atoms with Crippen molar-refractivity contribution in [3.63, 3.8) is 0 Å². The minimum atomic E-state index is -0.380. The molecule has 0 saturated heterocycles. The van der Waals surface area contributed by atoms with Gasteiger partial charge in [0.15, 0.2) is 7.28 Å². The molecule has 1 aromatic heterocycles. The standard InChI is InChI=1S/C6H8BFN2/c1-7-6-5(9)2-4(8)3-10-6/h2-3,7H,9H2,1H3. The Kier molecular flexibility index (Phi) is 1.90. The summed E-state index contributed by atoms with van der Waals surface area (Å²) in [5.74, 6) is -0.380. The highest BCUT2D eigenvalue weighted by atomic mass is 19.1. The topological polar surface area (TPSA) is 38.9 Å². The first-order valence-corrected chi connectivity index (χ1v) is 3.14. The predicted octanol–water partition coefficient (Wildman–Crippen LogP) is -0.0872. The molecule has 0 fully saturated rings. The number of anilines is 1. The molecular weight excluding hydrogens is 130 g/mol. The minimum Gasteiger partial charge on any atom is -0.398 e. The van der Waals surface area contributed by atoms with Crippen LogP contribution in [0.15, 0.2) is 12.3 Å². The van der Waals surface area contributed by atoms with E-state index in [0.29, 0.717) is 5.69 Å². The van der Waals surface area contributed by atoms with Crippen LogP contribution in [-0.2, 0) is 0 Å². The number of aromatic nitrogens is 1. The lowest BCUT2D eigenvalue weighted by atomic mass is 9.77. The van der Waals surface area contributed by atoms with Gasteiger partial charge in [-0.3, -0.25) is 4.98 Å². The van der Waals surface area contributed by atoms with Gasteiger partial charge < -0.3 is 5.73 Å². The Morgan fingerprint density at radius 1 is 1.70 bits per heavy atom.